The van der Waals surface area contributed by atoms with Crippen molar-refractivity contribution in [1.29, 1.82) is 0 Å². The molecule has 9 heteroatoms. The number of hydrogen-bond acceptors (Lipinski definition) is 6. The molecule has 9 nitrogen and oxygen atoms in total. The fraction of sp³-hybridized carbons (Fsp3) is 0.353. The molecule has 0 amide bonds. The zero-order valence-electron chi connectivity index (χ0n) is 14.5. The molecule has 0 saturated carbocycles. The number of benzene rings is 1. The molecule has 0 atom stereocenters. The third-order valence-electron chi connectivity index (χ3n) is 3.86. The summed E-state index contributed by atoms with van der Waals surface area (Å²) in [6.45, 7) is 0.760. The van der Waals surface area contributed by atoms with Gasteiger partial charge in [0.1, 0.15) is 11.5 Å². The molecule has 0 aliphatic carbocycles. The molecule has 0 fully saturated rings. The summed E-state index contributed by atoms with van der Waals surface area (Å²) < 4.78 is 6.17. The maximum absolute atomic E-state index is 12.4. The van der Waals surface area contributed by atoms with E-state index in [-0.39, 0.29) is 44.2 Å². The van der Waals surface area contributed by atoms with Crippen molar-refractivity contribution in [3.63, 3.8) is 0 Å². The molecule has 0 unspecified atom stereocenters. The number of ether oxygens (including phenoxy) is 1. The molecule has 26 heavy (non-hydrogen) atoms. The van der Waals surface area contributed by atoms with Crippen molar-refractivity contribution in [2.24, 2.45) is 0 Å². The van der Waals surface area contributed by atoms with Crippen LogP contribution in [0.4, 0.5) is 11.5 Å². The van der Waals surface area contributed by atoms with Crippen molar-refractivity contribution in [2.45, 2.75) is 19.5 Å². The Labute approximate surface area is 149 Å². The summed E-state index contributed by atoms with van der Waals surface area (Å²) >= 11 is 0. The Morgan fingerprint density at radius 2 is 2.00 bits per heavy atom. The zero-order valence-corrected chi connectivity index (χ0v) is 14.5. The van der Waals surface area contributed by atoms with Crippen LogP contribution in [0.25, 0.3) is 0 Å². The highest BCUT2D eigenvalue weighted by Gasteiger charge is 2.20. The van der Waals surface area contributed by atoms with Gasteiger partial charge in [0.25, 0.3) is 5.56 Å². The van der Waals surface area contributed by atoms with Gasteiger partial charge in [-0.1, -0.05) is 30.3 Å². The highest BCUT2D eigenvalue weighted by molar-refractivity contribution is 5.69. The number of nitrogens with zero attached hydrogens (tertiary/aromatic N) is 2. The first-order valence-electron chi connectivity index (χ1n) is 8.06. The number of methoxy groups -OCH3 is 1. The van der Waals surface area contributed by atoms with E-state index in [1.165, 1.54) is 11.7 Å². The van der Waals surface area contributed by atoms with Gasteiger partial charge in [-0.3, -0.25) is 19.1 Å². The third kappa shape index (κ3) is 4.73. The van der Waals surface area contributed by atoms with E-state index in [4.69, 9.17) is 15.6 Å². The maximum atomic E-state index is 12.4. The fourth-order valence-electron chi connectivity index (χ4n) is 2.59. The molecule has 140 valence electrons. The van der Waals surface area contributed by atoms with Crippen molar-refractivity contribution < 1.29 is 14.6 Å². The number of H-pyrrole nitrogens is 1. The standard InChI is InChI=1S/C17H22N4O5/c1-26-10-9-21-15(18)14(16(24)19-17(21)25)20(8-7-13(22)23)11-12-5-3-2-4-6-12/h2-6H,7-11,18H2,1H3,(H,22,23)(H,19,24,25). The van der Waals surface area contributed by atoms with Crippen molar-refractivity contribution in [2.75, 3.05) is 30.9 Å². The first kappa shape index (κ1) is 19.3. The molecule has 2 aromatic rings. The van der Waals surface area contributed by atoms with Gasteiger partial charge in [-0.15, -0.1) is 0 Å². The van der Waals surface area contributed by atoms with Gasteiger partial charge in [0, 0.05) is 20.2 Å². The van der Waals surface area contributed by atoms with Crippen LogP contribution in [0.2, 0.25) is 0 Å². The summed E-state index contributed by atoms with van der Waals surface area (Å²) in [4.78, 5) is 39.2. The van der Waals surface area contributed by atoms with E-state index in [1.807, 2.05) is 30.3 Å². The average molecular weight is 362 g/mol. The van der Waals surface area contributed by atoms with Gasteiger partial charge in [0.2, 0.25) is 0 Å². The molecule has 0 saturated heterocycles. The molecule has 0 aliphatic rings. The molecule has 1 aromatic carbocycles. The number of anilines is 2. The Hall–Kier alpha value is -3.07. The van der Waals surface area contributed by atoms with E-state index in [0.29, 0.717) is 0 Å². The number of nitrogen functional groups attached to an aromatic ring is 1. The van der Waals surface area contributed by atoms with Crippen molar-refractivity contribution in [3.05, 3.63) is 56.7 Å². The summed E-state index contributed by atoms with van der Waals surface area (Å²) in [7, 11) is 1.49. The van der Waals surface area contributed by atoms with Crippen LogP contribution in [0, 0.1) is 0 Å². The minimum atomic E-state index is -0.995. The maximum Gasteiger partial charge on any atom is 0.330 e. The largest absolute Gasteiger partial charge is 0.481 e. The summed E-state index contributed by atoms with van der Waals surface area (Å²) in [5.41, 5.74) is 5.76. The number of carboxylic acid groups (broad SMARTS) is 1. The van der Waals surface area contributed by atoms with Crippen LogP contribution in [0.15, 0.2) is 39.9 Å². The SMILES string of the molecule is COCCn1c(N)c(N(CCC(=O)O)Cc2ccccc2)c(=O)[nH]c1=O. The molecule has 1 heterocycles. The molecule has 1 aromatic heterocycles. The van der Waals surface area contributed by atoms with Crippen LogP contribution in [-0.2, 0) is 22.6 Å². The first-order valence-corrected chi connectivity index (χ1v) is 8.06. The summed E-state index contributed by atoms with van der Waals surface area (Å²) in [5.74, 6) is -1.01. The van der Waals surface area contributed by atoms with Crippen LogP contribution >= 0.6 is 0 Å². The molecular formula is C17H22N4O5. The van der Waals surface area contributed by atoms with E-state index >= 15 is 0 Å². The van der Waals surface area contributed by atoms with Gasteiger partial charge in [-0.2, -0.15) is 0 Å². The molecule has 4 N–H and O–H groups in total. The van der Waals surface area contributed by atoms with Crippen LogP contribution in [-0.4, -0.2) is 40.9 Å². The zero-order chi connectivity index (χ0) is 19.1. The Kier molecular flexibility index (Phi) is 6.56. The number of aromatic amines is 1. The monoisotopic (exact) mass is 362 g/mol. The van der Waals surface area contributed by atoms with Gasteiger partial charge in [-0.05, 0) is 5.56 Å². The number of aliphatic carboxylic acids is 1. The van der Waals surface area contributed by atoms with E-state index in [1.54, 1.807) is 4.90 Å². The second kappa shape index (κ2) is 8.86. The number of hydrogen-bond donors (Lipinski definition) is 3. The molecule has 0 radical (unpaired) electrons. The number of aromatic nitrogens is 2. The molecule has 2 rings (SSSR count). The summed E-state index contributed by atoms with van der Waals surface area (Å²) in [6.07, 6.45) is -0.178. The Bertz CT molecular complexity index is 860. The highest BCUT2D eigenvalue weighted by atomic mass is 16.5. The third-order valence-corrected chi connectivity index (χ3v) is 3.86. The van der Waals surface area contributed by atoms with Crippen LogP contribution in [0.1, 0.15) is 12.0 Å². The van der Waals surface area contributed by atoms with E-state index in [2.05, 4.69) is 4.98 Å². The van der Waals surface area contributed by atoms with Gasteiger partial charge in [0.05, 0.1) is 19.6 Å². The second-order valence-corrected chi connectivity index (χ2v) is 5.69. The second-order valence-electron chi connectivity index (χ2n) is 5.69. The Morgan fingerprint density at radius 3 is 2.62 bits per heavy atom. The van der Waals surface area contributed by atoms with Gasteiger partial charge >= 0.3 is 11.7 Å². The van der Waals surface area contributed by atoms with Crippen LogP contribution in [0.5, 0.6) is 0 Å². The number of nitrogens with one attached hydrogen (secondary N) is 1. The average Bonchev–Trinajstić information content (AvgIpc) is 2.60. The summed E-state index contributed by atoms with van der Waals surface area (Å²) in [6, 6.07) is 9.27. The lowest BCUT2D eigenvalue weighted by atomic mass is 10.2. The molecule has 0 spiro atoms. The molecule has 0 aliphatic heterocycles. The lowest BCUT2D eigenvalue weighted by Gasteiger charge is -2.25. The van der Waals surface area contributed by atoms with Crippen molar-refractivity contribution >= 4 is 17.5 Å². The lowest BCUT2D eigenvalue weighted by molar-refractivity contribution is -0.136. The minimum Gasteiger partial charge on any atom is -0.481 e. The number of carbonyl (C=O) groups is 1. The van der Waals surface area contributed by atoms with Gasteiger partial charge in [0.15, 0.2) is 0 Å². The lowest BCUT2D eigenvalue weighted by Crippen LogP contribution is -2.39. The van der Waals surface area contributed by atoms with Gasteiger partial charge < -0.3 is 20.5 Å². The first-order chi connectivity index (χ1) is 12.4. The molecule has 0 bridgehead atoms. The fourth-order valence-corrected chi connectivity index (χ4v) is 2.59. The minimum absolute atomic E-state index is 0.0166. The topological polar surface area (TPSA) is 131 Å². The van der Waals surface area contributed by atoms with Crippen molar-refractivity contribution in [3.8, 4) is 0 Å². The number of carboxylic acids is 1. The summed E-state index contributed by atoms with van der Waals surface area (Å²) in [5, 5.41) is 9.01. The quantitative estimate of drug-likeness (QED) is 0.582. The van der Waals surface area contributed by atoms with Crippen LogP contribution in [0.3, 0.4) is 0 Å². The van der Waals surface area contributed by atoms with E-state index in [0.717, 1.165) is 5.56 Å². The predicted octanol–water partition coefficient (Wildman–Crippen LogP) is 0.247. The number of rotatable bonds is 9. The smallest absolute Gasteiger partial charge is 0.330 e. The predicted molar refractivity (Wildman–Crippen MR) is 97.4 cm³/mol. The molecular weight excluding hydrogens is 340 g/mol. The van der Waals surface area contributed by atoms with E-state index < -0.39 is 17.2 Å². The van der Waals surface area contributed by atoms with Crippen LogP contribution < -0.4 is 21.9 Å². The van der Waals surface area contributed by atoms with Crippen molar-refractivity contribution in [1.82, 2.24) is 9.55 Å². The van der Waals surface area contributed by atoms with E-state index in [9.17, 15) is 14.4 Å². The Balaban J connectivity index is 2.46. The van der Waals surface area contributed by atoms with Gasteiger partial charge in [-0.25, -0.2) is 4.79 Å². The highest BCUT2D eigenvalue weighted by Crippen LogP contribution is 2.19. The number of nitrogens with two attached hydrogens (primary N) is 1. The Morgan fingerprint density at radius 1 is 1.31 bits per heavy atom. The normalized spacial score (nSPS) is 10.7.